The zero-order chi connectivity index (χ0) is 19.3. The van der Waals surface area contributed by atoms with Crippen LogP contribution >= 0.6 is 22.9 Å². The van der Waals surface area contributed by atoms with Crippen LogP contribution in [0.1, 0.15) is 59.3 Å². The summed E-state index contributed by atoms with van der Waals surface area (Å²) in [7, 11) is 0. The molecule has 0 radical (unpaired) electrons. The van der Waals surface area contributed by atoms with Gasteiger partial charge >= 0.3 is 0 Å². The molecule has 0 aliphatic heterocycles. The Bertz CT molecular complexity index is 870. The molecule has 1 N–H and O–H groups in total. The van der Waals surface area contributed by atoms with Crippen molar-refractivity contribution in [3.8, 4) is 5.75 Å². The number of thiophene rings is 1. The summed E-state index contributed by atoms with van der Waals surface area (Å²) in [5.41, 5.74) is 2.18. The molecule has 1 heterocycles. The van der Waals surface area contributed by atoms with Crippen LogP contribution in [-0.4, -0.2) is 11.4 Å². The van der Waals surface area contributed by atoms with E-state index in [4.69, 9.17) is 16.3 Å². The van der Waals surface area contributed by atoms with Crippen molar-refractivity contribution in [3.05, 3.63) is 50.7 Å². The largest absolute Gasteiger partial charge is 0.487 e. The van der Waals surface area contributed by atoms with Crippen molar-refractivity contribution in [2.45, 2.75) is 57.6 Å². The van der Waals surface area contributed by atoms with Crippen molar-refractivity contribution in [2.24, 2.45) is 17.8 Å². The van der Waals surface area contributed by atoms with Gasteiger partial charge in [-0.1, -0.05) is 17.7 Å². The number of hydrogen-bond acceptors (Lipinski definition) is 3. The van der Waals surface area contributed by atoms with Crippen LogP contribution in [0.2, 0.25) is 5.02 Å². The maximum absolute atomic E-state index is 13.0. The van der Waals surface area contributed by atoms with Crippen LogP contribution in [0.3, 0.4) is 0 Å². The summed E-state index contributed by atoms with van der Waals surface area (Å²) in [5, 5.41) is 6.08. The summed E-state index contributed by atoms with van der Waals surface area (Å²) in [4.78, 5) is 13.7. The molecule has 28 heavy (non-hydrogen) atoms. The van der Waals surface area contributed by atoms with Crippen molar-refractivity contribution in [3.63, 3.8) is 0 Å². The monoisotopic (exact) mass is 415 g/mol. The van der Waals surface area contributed by atoms with E-state index in [2.05, 4.69) is 5.32 Å². The van der Waals surface area contributed by atoms with Gasteiger partial charge in [0.25, 0.3) is 5.91 Å². The molecule has 4 aliphatic carbocycles. The Morgan fingerprint density at radius 3 is 2.54 bits per heavy atom. The minimum Gasteiger partial charge on any atom is -0.487 e. The molecule has 1 aromatic heterocycles. The van der Waals surface area contributed by atoms with E-state index in [9.17, 15) is 4.79 Å². The van der Waals surface area contributed by atoms with E-state index in [-0.39, 0.29) is 11.4 Å². The molecule has 1 aromatic carbocycles. The maximum Gasteiger partial charge on any atom is 0.261 e. The topological polar surface area (TPSA) is 38.3 Å². The predicted octanol–water partition coefficient (Wildman–Crippen LogP) is 5.99. The molecule has 148 valence electrons. The number of carbonyl (C=O) groups excluding carboxylic acids is 1. The minimum atomic E-state index is 0.0571. The molecule has 2 aromatic rings. The molecule has 4 fully saturated rings. The maximum atomic E-state index is 13.0. The third-order valence-electron chi connectivity index (χ3n) is 6.78. The second kappa shape index (κ2) is 7.07. The fourth-order valence-corrected chi connectivity index (χ4v) is 6.98. The zero-order valence-electron chi connectivity index (χ0n) is 16.2. The van der Waals surface area contributed by atoms with E-state index < -0.39 is 0 Å². The standard InChI is InChI=1S/C23H26ClNO2S/c1-14-2-3-19(24)20(4-14)27-12-18-8-21(28-13-18)22(26)25-23-9-15-5-16(10-23)7-17(6-15)11-23/h2-4,8,13,15-17H,5-7,9-12H2,1H3,(H,25,26). The van der Waals surface area contributed by atoms with Gasteiger partial charge < -0.3 is 10.1 Å². The van der Waals surface area contributed by atoms with E-state index in [0.29, 0.717) is 17.4 Å². The quantitative estimate of drug-likeness (QED) is 0.651. The Morgan fingerprint density at radius 1 is 1.18 bits per heavy atom. The van der Waals surface area contributed by atoms with Crippen LogP contribution < -0.4 is 10.1 Å². The van der Waals surface area contributed by atoms with Gasteiger partial charge in [-0.3, -0.25) is 4.79 Å². The number of ether oxygens (including phenoxy) is 1. The van der Waals surface area contributed by atoms with Gasteiger partial charge in [0, 0.05) is 11.1 Å². The number of hydrogen-bond donors (Lipinski definition) is 1. The number of carbonyl (C=O) groups is 1. The Kier molecular flexibility index (Phi) is 4.67. The highest BCUT2D eigenvalue weighted by Crippen LogP contribution is 2.55. The van der Waals surface area contributed by atoms with Crippen LogP contribution in [0.25, 0.3) is 0 Å². The molecule has 4 saturated carbocycles. The van der Waals surface area contributed by atoms with E-state index in [1.807, 2.05) is 36.6 Å². The first-order valence-electron chi connectivity index (χ1n) is 10.3. The molecular formula is C23H26ClNO2S. The number of rotatable bonds is 5. The molecular weight excluding hydrogens is 390 g/mol. The summed E-state index contributed by atoms with van der Waals surface area (Å²) in [6, 6.07) is 7.72. The van der Waals surface area contributed by atoms with Crippen LogP contribution in [0, 0.1) is 24.7 Å². The number of amides is 1. The van der Waals surface area contributed by atoms with Crippen molar-refractivity contribution in [2.75, 3.05) is 0 Å². The normalized spacial score (nSPS) is 30.4. The fraction of sp³-hybridized carbons (Fsp3) is 0.522. The van der Waals surface area contributed by atoms with Gasteiger partial charge in [0.15, 0.2) is 0 Å². The Balaban J connectivity index is 1.23. The first kappa shape index (κ1) is 18.5. The summed E-state index contributed by atoms with van der Waals surface area (Å²) >= 11 is 7.71. The smallest absolute Gasteiger partial charge is 0.261 e. The van der Waals surface area contributed by atoms with E-state index in [1.165, 1.54) is 49.9 Å². The molecule has 4 aliphatic rings. The molecule has 0 spiro atoms. The number of benzene rings is 1. The summed E-state index contributed by atoms with van der Waals surface area (Å²) < 4.78 is 5.87. The van der Waals surface area contributed by atoms with Gasteiger partial charge in [-0.05, 0) is 92.3 Å². The third-order valence-corrected chi connectivity index (χ3v) is 8.07. The summed E-state index contributed by atoms with van der Waals surface area (Å²) in [5.74, 6) is 3.27. The van der Waals surface area contributed by atoms with Crippen LogP contribution in [0.15, 0.2) is 29.6 Å². The number of aryl methyl sites for hydroxylation is 1. The predicted molar refractivity (Wildman–Crippen MR) is 113 cm³/mol. The minimum absolute atomic E-state index is 0.0571. The lowest BCUT2D eigenvalue weighted by Gasteiger charge is -2.56. The highest BCUT2D eigenvalue weighted by atomic mass is 35.5. The van der Waals surface area contributed by atoms with Crippen molar-refractivity contribution < 1.29 is 9.53 Å². The average molecular weight is 416 g/mol. The van der Waals surface area contributed by atoms with E-state index in [0.717, 1.165) is 33.8 Å². The summed E-state index contributed by atoms with van der Waals surface area (Å²) in [6.45, 7) is 2.44. The van der Waals surface area contributed by atoms with E-state index in [1.54, 1.807) is 0 Å². The highest BCUT2D eigenvalue weighted by Gasteiger charge is 2.51. The average Bonchev–Trinajstić information content (AvgIpc) is 3.10. The SMILES string of the molecule is Cc1ccc(Cl)c(OCc2csc(C(=O)NC34CC5CC(CC(C5)C3)C4)c2)c1. The Hall–Kier alpha value is -1.52. The number of nitrogens with one attached hydrogen (secondary N) is 1. The zero-order valence-corrected chi connectivity index (χ0v) is 17.7. The molecule has 3 nitrogen and oxygen atoms in total. The first-order valence-corrected chi connectivity index (χ1v) is 11.5. The second-order valence-electron chi connectivity index (χ2n) is 9.19. The fourth-order valence-electron chi connectivity index (χ4n) is 6.02. The third kappa shape index (κ3) is 3.57. The van der Waals surface area contributed by atoms with Crippen molar-refractivity contribution >= 4 is 28.8 Å². The lowest BCUT2D eigenvalue weighted by atomic mass is 9.53. The molecule has 0 saturated heterocycles. The lowest BCUT2D eigenvalue weighted by molar-refractivity contribution is -0.0166. The van der Waals surface area contributed by atoms with Crippen LogP contribution in [0.4, 0.5) is 0 Å². The van der Waals surface area contributed by atoms with Crippen molar-refractivity contribution in [1.29, 1.82) is 0 Å². The molecule has 1 amide bonds. The Morgan fingerprint density at radius 2 is 1.86 bits per heavy atom. The molecule has 0 atom stereocenters. The van der Waals surface area contributed by atoms with Gasteiger partial charge in [-0.15, -0.1) is 11.3 Å². The van der Waals surface area contributed by atoms with Gasteiger partial charge in [-0.25, -0.2) is 0 Å². The first-order chi connectivity index (χ1) is 13.5. The van der Waals surface area contributed by atoms with Crippen LogP contribution in [-0.2, 0) is 6.61 Å². The van der Waals surface area contributed by atoms with Crippen molar-refractivity contribution in [1.82, 2.24) is 5.32 Å². The number of halogens is 1. The molecule has 5 heteroatoms. The van der Waals surface area contributed by atoms with Gasteiger partial charge in [0.1, 0.15) is 12.4 Å². The van der Waals surface area contributed by atoms with Gasteiger partial charge in [0.2, 0.25) is 0 Å². The van der Waals surface area contributed by atoms with Gasteiger partial charge in [-0.2, -0.15) is 0 Å². The Labute approximate surface area is 175 Å². The molecule has 4 bridgehead atoms. The van der Waals surface area contributed by atoms with Crippen LogP contribution in [0.5, 0.6) is 5.75 Å². The lowest BCUT2D eigenvalue weighted by Crippen LogP contribution is -2.59. The molecule has 0 unspecified atom stereocenters. The summed E-state index contributed by atoms with van der Waals surface area (Å²) in [6.07, 6.45) is 7.69. The van der Waals surface area contributed by atoms with E-state index >= 15 is 0 Å². The van der Waals surface area contributed by atoms with Gasteiger partial charge in [0.05, 0.1) is 9.90 Å². The second-order valence-corrected chi connectivity index (χ2v) is 10.5. The highest BCUT2D eigenvalue weighted by molar-refractivity contribution is 7.12. The molecule has 6 rings (SSSR count).